The molecular weight excluding hydrogens is 502 g/mol. The number of fused-ring (bicyclic) bond motifs is 2. The van der Waals surface area contributed by atoms with Crippen molar-refractivity contribution in [1.29, 1.82) is 0 Å². The van der Waals surface area contributed by atoms with E-state index in [9.17, 15) is 39.1 Å². The zero-order valence-electron chi connectivity index (χ0n) is 20.0. The lowest BCUT2D eigenvalue weighted by atomic mass is 9.83. The van der Waals surface area contributed by atoms with Gasteiger partial charge in [-0.3, -0.25) is 4.79 Å². The van der Waals surface area contributed by atoms with E-state index < -0.39 is 60.9 Å². The number of aliphatic hydroxyl groups is 5. The summed E-state index contributed by atoms with van der Waals surface area (Å²) in [7, 11) is 0. The molecule has 38 heavy (non-hydrogen) atoms. The second kappa shape index (κ2) is 10.0. The summed E-state index contributed by atoms with van der Waals surface area (Å²) < 4.78 is 35.2. The predicted octanol–water partition coefficient (Wildman–Crippen LogP) is 1.01. The summed E-state index contributed by atoms with van der Waals surface area (Å²) >= 11 is 0. The van der Waals surface area contributed by atoms with Gasteiger partial charge >= 0.3 is 0 Å². The van der Waals surface area contributed by atoms with Crippen LogP contribution in [0.3, 0.4) is 0 Å². The van der Waals surface area contributed by atoms with Crippen LogP contribution in [-0.2, 0) is 11.3 Å². The van der Waals surface area contributed by atoms with Gasteiger partial charge in [-0.2, -0.15) is 0 Å². The Morgan fingerprint density at radius 2 is 1.71 bits per heavy atom. The third kappa shape index (κ3) is 4.33. The molecule has 0 saturated carbocycles. The molecule has 4 aromatic rings. The number of carbonyl (C=O) groups is 1. The lowest BCUT2D eigenvalue weighted by Crippen LogP contribution is -2.74. The van der Waals surface area contributed by atoms with Crippen molar-refractivity contribution in [1.82, 2.24) is 9.88 Å². The van der Waals surface area contributed by atoms with E-state index in [-0.39, 0.29) is 23.0 Å². The second-order valence-corrected chi connectivity index (χ2v) is 9.43. The maximum atomic E-state index is 14.2. The van der Waals surface area contributed by atoms with E-state index in [2.05, 4.69) is 5.32 Å². The van der Waals surface area contributed by atoms with Crippen molar-refractivity contribution >= 4 is 27.6 Å². The lowest BCUT2D eigenvalue weighted by molar-refractivity contribution is -0.288. The molecule has 5 rings (SSSR count). The van der Waals surface area contributed by atoms with Crippen molar-refractivity contribution in [3.05, 3.63) is 83.6 Å². The normalized spacial score (nSPS) is 25.7. The van der Waals surface area contributed by atoms with Crippen molar-refractivity contribution in [3.63, 3.8) is 0 Å². The highest BCUT2D eigenvalue weighted by atomic mass is 19.2. The minimum Gasteiger partial charge on any atom is -0.394 e. The Morgan fingerprint density at radius 3 is 2.42 bits per heavy atom. The van der Waals surface area contributed by atoms with Crippen molar-refractivity contribution in [2.75, 3.05) is 13.2 Å². The smallest absolute Gasteiger partial charge is 0.254 e. The Balaban J connectivity index is 1.53. The predicted molar refractivity (Wildman–Crippen MR) is 132 cm³/mol. The molecule has 0 aliphatic carbocycles. The van der Waals surface area contributed by atoms with E-state index in [4.69, 9.17) is 4.74 Å². The van der Waals surface area contributed by atoms with Gasteiger partial charge in [0.15, 0.2) is 17.9 Å². The zero-order valence-corrected chi connectivity index (χ0v) is 20.0. The summed E-state index contributed by atoms with van der Waals surface area (Å²) in [5, 5.41) is 55.1. The van der Waals surface area contributed by atoms with Crippen LogP contribution in [-0.4, -0.2) is 79.4 Å². The third-order valence-corrected chi connectivity index (χ3v) is 7.10. The Bertz CT molecular complexity index is 1510. The number of aromatic nitrogens is 1. The van der Waals surface area contributed by atoms with Crippen molar-refractivity contribution in [2.45, 2.75) is 36.7 Å². The van der Waals surface area contributed by atoms with Crippen LogP contribution in [0.25, 0.3) is 21.7 Å². The molecule has 200 valence electrons. The summed E-state index contributed by atoms with van der Waals surface area (Å²) in [5.74, 6) is -3.25. The molecule has 0 radical (unpaired) electrons. The highest BCUT2D eigenvalue weighted by Crippen LogP contribution is 2.31. The van der Waals surface area contributed by atoms with E-state index in [1.807, 2.05) is 42.5 Å². The number of ether oxygens (including phenoxy) is 1. The maximum absolute atomic E-state index is 14.2. The Hall–Kier alpha value is -3.45. The summed E-state index contributed by atoms with van der Waals surface area (Å²) in [6.45, 7) is -1.58. The molecule has 1 unspecified atom stereocenters. The van der Waals surface area contributed by atoms with Gasteiger partial charge in [-0.15, -0.1) is 0 Å². The number of nitrogens with zero attached hydrogens (tertiary/aromatic N) is 1. The number of carbonyl (C=O) groups excluding carboxylic acids is 1. The SMILES string of the molecule is O=C(N[C@@]1(CO)C(O)O[C@H](CO)[C@@H](O)[C@@H]1O)c1cn(Cc2ccc3ccccc3c2)c2cc(F)c(F)cc12. The number of nitrogens with one attached hydrogen (secondary N) is 1. The van der Waals surface area contributed by atoms with Crippen molar-refractivity contribution in [3.8, 4) is 0 Å². The standard InChI is InChI=1S/C27H26F2N2O7/c28-19-8-17-18(25(36)30-27(13-33)24(35)23(34)22(12-32)38-26(27)37)11-31(21(17)9-20(19)29)10-14-5-6-15-3-1-2-4-16(15)7-14/h1-9,11,22-24,26,32-35,37H,10,12-13H2,(H,30,36)/t22-,23-,24+,26?,27-/m1/s1. The van der Waals surface area contributed by atoms with E-state index >= 15 is 0 Å². The topological polar surface area (TPSA) is 144 Å². The number of benzene rings is 3. The van der Waals surface area contributed by atoms with E-state index in [0.717, 1.165) is 28.5 Å². The highest BCUT2D eigenvalue weighted by Gasteiger charge is 2.56. The third-order valence-electron chi connectivity index (χ3n) is 7.10. The molecule has 1 amide bonds. The molecule has 0 spiro atoms. The molecule has 1 aliphatic heterocycles. The maximum Gasteiger partial charge on any atom is 0.254 e. The Labute approximate surface area is 215 Å². The summed E-state index contributed by atoms with van der Waals surface area (Å²) in [4.78, 5) is 13.4. The number of amides is 1. The van der Waals surface area contributed by atoms with Gasteiger partial charge in [-0.25, -0.2) is 8.78 Å². The molecule has 6 N–H and O–H groups in total. The van der Waals surface area contributed by atoms with Crippen LogP contribution in [0.1, 0.15) is 15.9 Å². The molecule has 1 fully saturated rings. The van der Waals surface area contributed by atoms with E-state index in [1.165, 1.54) is 6.20 Å². The fraction of sp³-hybridized carbons (Fsp3) is 0.296. The molecule has 2 heterocycles. The average Bonchev–Trinajstić information content (AvgIpc) is 3.25. The first kappa shape index (κ1) is 26.2. The monoisotopic (exact) mass is 528 g/mol. The number of hydrogen-bond donors (Lipinski definition) is 6. The van der Waals surface area contributed by atoms with Crippen molar-refractivity contribution < 1.29 is 43.8 Å². The fourth-order valence-corrected chi connectivity index (χ4v) is 4.93. The average molecular weight is 529 g/mol. The van der Waals surface area contributed by atoms with Crippen molar-refractivity contribution in [2.24, 2.45) is 0 Å². The van der Waals surface area contributed by atoms with Gasteiger partial charge < -0.3 is 40.2 Å². The van der Waals surface area contributed by atoms with Gasteiger partial charge in [0.25, 0.3) is 5.91 Å². The quantitative estimate of drug-likeness (QED) is 0.219. The zero-order chi connectivity index (χ0) is 27.2. The van der Waals surface area contributed by atoms with Gasteiger partial charge in [0.2, 0.25) is 0 Å². The lowest BCUT2D eigenvalue weighted by Gasteiger charge is -2.48. The molecule has 9 nitrogen and oxygen atoms in total. The number of rotatable bonds is 6. The van der Waals surface area contributed by atoms with Crippen LogP contribution < -0.4 is 5.32 Å². The molecule has 11 heteroatoms. The number of halogens is 2. The van der Waals surface area contributed by atoms with Gasteiger partial charge in [0.05, 0.1) is 24.3 Å². The molecule has 1 aromatic heterocycles. The summed E-state index contributed by atoms with van der Waals surface area (Å²) in [6.07, 6.45) is -5.69. The first-order chi connectivity index (χ1) is 18.2. The molecule has 1 saturated heterocycles. The highest BCUT2D eigenvalue weighted by molar-refractivity contribution is 6.07. The molecule has 1 aliphatic rings. The molecule has 5 atom stereocenters. The molecular formula is C27H26F2N2O7. The minimum absolute atomic E-state index is 0.0461. The number of aliphatic hydroxyl groups excluding tert-OH is 5. The number of hydrogen-bond acceptors (Lipinski definition) is 7. The molecule has 0 bridgehead atoms. The second-order valence-electron chi connectivity index (χ2n) is 9.43. The first-order valence-corrected chi connectivity index (χ1v) is 11.9. The van der Waals surface area contributed by atoms with Gasteiger partial charge in [0, 0.05) is 24.2 Å². The van der Waals surface area contributed by atoms with E-state index in [0.29, 0.717) is 0 Å². The van der Waals surface area contributed by atoms with Gasteiger partial charge in [-0.05, 0) is 28.5 Å². The van der Waals surface area contributed by atoms with Crippen LogP contribution >= 0.6 is 0 Å². The van der Waals surface area contributed by atoms with Crippen LogP contribution in [0.15, 0.2) is 60.8 Å². The summed E-state index contributed by atoms with van der Waals surface area (Å²) in [6, 6.07) is 15.3. The van der Waals surface area contributed by atoms with Crippen LogP contribution in [0.5, 0.6) is 0 Å². The summed E-state index contributed by atoms with van der Waals surface area (Å²) in [5.41, 5.74) is -1.37. The van der Waals surface area contributed by atoms with E-state index in [1.54, 1.807) is 4.57 Å². The van der Waals surface area contributed by atoms with Gasteiger partial charge in [0.1, 0.15) is 23.9 Å². The fourth-order valence-electron chi connectivity index (χ4n) is 4.93. The largest absolute Gasteiger partial charge is 0.394 e. The van der Waals surface area contributed by atoms with Crippen LogP contribution in [0, 0.1) is 11.6 Å². The Kier molecular flexibility index (Phi) is 6.90. The van der Waals surface area contributed by atoms with Gasteiger partial charge in [-0.1, -0.05) is 36.4 Å². The minimum atomic E-state index is -2.27. The van der Waals surface area contributed by atoms with Crippen LogP contribution in [0.2, 0.25) is 0 Å². The first-order valence-electron chi connectivity index (χ1n) is 11.9. The van der Waals surface area contributed by atoms with Crippen LogP contribution in [0.4, 0.5) is 8.78 Å². The molecule has 3 aromatic carbocycles. The Morgan fingerprint density at radius 1 is 1.00 bits per heavy atom.